The van der Waals surface area contributed by atoms with E-state index in [1.165, 1.54) is 19.5 Å². The van der Waals surface area contributed by atoms with Crippen LogP contribution in [-0.2, 0) is 4.74 Å². The highest BCUT2D eigenvalue weighted by atomic mass is 16.5. The Bertz CT molecular complexity index is 813. The first-order chi connectivity index (χ1) is 10.2. The fourth-order valence-electron chi connectivity index (χ4n) is 1.98. The molecule has 7 heteroatoms. The number of aromatic amines is 1. The largest absolute Gasteiger partial charge is 0.465 e. The average Bonchev–Trinajstić information content (AvgIpc) is 2.89. The second-order valence-electron chi connectivity index (χ2n) is 4.28. The van der Waals surface area contributed by atoms with Crippen LogP contribution in [0.4, 0.5) is 5.82 Å². The highest BCUT2D eigenvalue weighted by Gasteiger charge is 2.12. The topological polar surface area (TPSA) is 103 Å². The molecule has 0 aliphatic carbocycles. The molecule has 106 valence electrons. The third-order valence-electron chi connectivity index (χ3n) is 2.94. The van der Waals surface area contributed by atoms with Gasteiger partial charge in [-0.3, -0.25) is 0 Å². The first-order valence-electron chi connectivity index (χ1n) is 6.12. The molecule has 3 N–H and O–H groups in total. The first-order valence-corrected chi connectivity index (χ1v) is 6.12. The van der Waals surface area contributed by atoms with Gasteiger partial charge in [0.05, 0.1) is 12.7 Å². The fourth-order valence-corrected chi connectivity index (χ4v) is 1.98. The monoisotopic (exact) mass is 284 g/mol. The standard InChI is InChI=1S/C14H12N4O3/c1-20-14(19)10-6-16-11-4-8(2-3-9(10)11)21-13-5-12(15)17-7-18-13/h2-7,16H,1H3,(H2,15,17,18). The van der Waals surface area contributed by atoms with E-state index in [4.69, 9.17) is 15.2 Å². The van der Waals surface area contributed by atoms with E-state index in [1.54, 1.807) is 24.4 Å². The van der Waals surface area contributed by atoms with Crippen molar-refractivity contribution in [2.75, 3.05) is 12.8 Å². The van der Waals surface area contributed by atoms with E-state index in [9.17, 15) is 4.79 Å². The van der Waals surface area contributed by atoms with Gasteiger partial charge in [-0.2, -0.15) is 0 Å². The number of benzene rings is 1. The van der Waals surface area contributed by atoms with Crippen LogP contribution < -0.4 is 10.5 Å². The van der Waals surface area contributed by atoms with Gasteiger partial charge >= 0.3 is 5.97 Å². The number of methoxy groups -OCH3 is 1. The van der Waals surface area contributed by atoms with Crippen molar-refractivity contribution in [3.05, 3.63) is 42.4 Å². The minimum absolute atomic E-state index is 0.328. The molecule has 0 saturated heterocycles. The number of hydrogen-bond acceptors (Lipinski definition) is 6. The molecule has 0 amide bonds. The Hall–Kier alpha value is -3.09. The van der Waals surface area contributed by atoms with Gasteiger partial charge in [-0.15, -0.1) is 0 Å². The Morgan fingerprint density at radius 2 is 2.14 bits per heavy atom. The lowest BCUT2D eigenvalue weighted by molar-refractivity contribution is 0.0603. The zero-order chi connectivity index (χ0) is 14.8. The Balaban J connectivity index is 1.93. The second-order valence-corrected chi connectivity index (χ2v) is 4.28. The molecule has 3 rings (SSSR count). The SMILES string of the molecule is COC(=O)c1c[nH]c2cc(Oc3cc(N)ncn3)ccc12. The molecule has 2 aromatic heterocycles. The zero-order valence-electron chi connectivity index (χ0n) is 11.2. The summed E-state index contributed by atoms with van der Waals surface area (Å²) in [6.07, 6.45) is 2.93. The molecule has 0 aliphatic heterocycles. The lowest BCUT2D eigenvalue weighted by atomic mass is 10.2. The van der Waals surface area contributed by atoms with E-state index in [-0.39, 0.29) is 0 Å². The Morgan fingerprint density at radius 1 is 1.29 bits per heavy atom. The summed E-state index contributed by atoms with van der Waals surface area (Å²) in [6.45, 7) is 0. The van der Waals surface area contributed by atoms with Crippen molar-refractivity contribution >= 4 is 22.7 Å². The Labute approximate surface area is 119 Å². The van der Waals surface area contributed by atoms with Crippen LogP contribution in [0.5, 0.6) is 11.6 Å². The van der Waals surface area contributed by atoms with Gasteiger partial charge in [0.25, 0.3) is 0 Å². The second kappa shape index (κ2) is 5.12. The maximum absolute atomic E-state index is 11.6. The zero-order valence-corrected chi connectivity index (χ0v) is 11.2. The van der Waals surface area contributed by atoms with E-state index in [0.29, 0.717) is 23.0 Å². The van der Waals surface area contributed by atoms with Crippen LogP contribution in [0, 0.1) is 0 Å². The molecule has 0 fully saturated rings. The van der Waals surface area contributed by atoms with Crippen molar-refractivity contribution in [3.63, 3.8) is 0 Å². The maximum atomic E-state index is 11.6. The minimum Gasteiger partial charge on any atom is -0.465 e. The van der Waals surface area contributed by atoms with Gasteiger partial charge in [0.2, 0.25) is 5.88 Å². The molecule has 0 atom stereocenters. The van der Waals surface area contributed by atoms with Crippen molar-refractivity contribution in [3.8, 4) is 11.6 Å². The minimum atomic E-state index is -0.390. The van der Waals surface area contributed by atoms with E-state index in [0.717, 1.165) is 10.9 Å². The molecule has 1 aromatic carbocycles. The average molecular weight is 284 g/mol. The fraction of sp³-hybridized carbons (Fsp3) is 0.0714. The molecule has 0 unspecified atom stereocenters. The van der Waals surface area contributed by atoms with Gasteiger partial charge in [0, 0.05) is 29.2 Å². The predicted molar refractivity (Wildman–Crippen MR) is 76.2 cm³/mol. The van der Waals surface area contributed by atoms with Crippen LogP contribution in [0.25, 0.3) is 10.9 Å². The van der Waals surface area contributed by atoms with Crippen LogP contribution in [0.15, 0.2) is 36.8 Å². The quantitative estimate of drug-likeness (QED) is 0.714. The number of carbonyl (C=O) groups excluding carboxylic acids is 1. The Kier molecular flexibility index (Phi) is 3.15. The van der Waals surface area contributed by atoms with Crippen molar-refractivity contribution < 1.29 is 14.3 Å². The predicted octanol–water partition coefficient (Wildman–Crippen LogP) is 2.12. The summed E-state index contributed by atoms with van der Waals surface area (Å²) < 4.78 is 10.3. The third kappa shape index (κ3) is 2.48. The maximum Gasteiger partial charge on any atom is 0.340 e. The van der Waals surface area contributed by atoms with Crippen molar-refractivity contribution in [1.82, 2.24) is 15.0 Å². The molecule has 21 heavy (non-hydrogen) atoms. The number of ether oxygens (including phenoxy) is 2. The van der Waals surface area contributed by atoms with Gasteiger partial charge in [0.1, 0.15) is 17.9 Å². The van der Waals surface area contributed by atoms with Crippen molar-refractivity contribution in [2.24, 2.45) is 0 Å². The number of carbonyl (C=O) groups is 1. The first kappa shape index (κ1) is 12.9. The van der Waals surface area contributed by atoms with Crippen LogP contribution in [-0.4, -0.2) is 28.0 Å². The molecule has 0 spiro atoms. The summed E-state index contributed by atoms with van der Waals surface area (Å²) in [5.41, 5.74) is 6.80. The number of fused-ring (bicyclic) bond motifs is 1. The van der Waals surface area contributed by atoms with Crippen LogP contribution in [0.1, 0.15) is 10.4 Å². The summed E-state index contributed by atoms with van der Waals surface area (Å²) in [4.78, 5) is 22.4. The summed E-state index contributed by atoms with van der Waals surface area (Å²) in [5.74, 6) is 0.855. The lowest BCUT2D eigenvalue weighted by Gasteiger charge is -2.05. The molecular weight excluding hydrogens is 272 g/mol. The van der Waals surface area contributed by atoms with E-state index < -0.39 is 5.97 Å². The molecule has 0 saturated carbocycles. The summed E-state index contributed by atoms with van der Waals surface area (Å²) in [7, 11) is 1.35. The molecule has 0 aliphatic rings. The van der Waals surface area contributed by atoms with Gasteiger partial charge in [0.15, 0.2) is 0 Å². The number of nitrogens with two attached hydrogens (primary N) is 1. The van der Waals surface area contributed by atoms with Crippen LogP contribution in [0.3, 0.4) is 0 Å². The normalized spacial score (nSPS) is 10.5. The highest BCUT2D eigenvalue weighted by Crippen LogP contribution is 2.26. The molecular formula is C14H12N4O3. The van der Waals surface area contributed by atoms with Gasteiger partial charge in [-0.1, -0.05) is 0 Å². The van der Waals surface area contributed by atoms with Gasteiger partial charge < -0.3 is 20.2 Å². The van der Waals surface area contributed by atoms with Crippen LogP contribution in [0.2, 0.25) is 0 Å². The number of hydrogen-bond donors (Lipinski definition) is 2. The highest BCUT2D eigenvalue weighted by molar-refractivity contribution is 6.04. The number of rotatable bonds is 3. The van der Waals surface area contributed by atoms with Crippen molar-refractivity contribution in [1.29, 1.82) is 0 Å². The molecule has 2 heterocycles. The number of anilines is 1. The van der Waals surface area contributed by atoms with Crippen molar-refractivity contribution in [2.45, 2.75) is 0 Å². The summed E-state index contributed by atoms with van der Waals surface area (Å²) in [6, 6.07) is 6.80. The molecule has 0 radical (unpaired) electrons. The third-order valence-corrected chi connectivity index (χ3v) is 2.94. The van der Waals surface area contributed by atoms with E-state index in [2.05, 4.69) is 15.0 Å². The van der Waals surface area contributed by atoms with E-state index >= 15 is 0 Å². The summed E-state index contributed by atoms with van der Waals surface area (Å²) in [5, 5.41) is 0.761. The number of nitrogens with one attached hydrogen (secondary N) is 1. The number of nitrogens with zero attached hydrogens (tertiary/aromatic N) is 2. The van der Waals surface area contributed by atoms with Gasteiger partial charge in [-0.05, 0) is 12.1 Å². The number of esters is 1. The Morgan fingerprint density at radius 3 is 2.90 bits per heavy atom. The van der Waals surface area contributed by atoms with E-state index in [1.807, 2.05) is 0 Å². The number of nitrogen functional groups attached to an aromatic ring is 1. The van der Waals surface area contributed by atoms with Crippen LogP contribution >= 0.6 is 0 Å². The number of aromatic nitrogens is 3. The molecule has 0 bridgehead atoms. The smallest absolute Gasteiger partial charge is 0.340 e. The molecule has 7 nitrogen and oxygen atoms in total. The number of H-pyrrole nitrogens is 1. The lowest BCUT2D eigenvalue weighted by Crippen LogP contribution is -1.99. The molecule has 3 aromatic rings. The van der Waals surface area contributed by atoms with Gasteiger partial charge in [-0.25, -0.2) is 14.8 Å². The summed E-state index contributed by atoms with van der Waals surface area (Å²) >= 11 is 0.